The Bertz CT molecular complexity index is 499. The fourth-order valence-electron chi connectivity index (χ4n) is 2.99. The van der Waals surface area contributed by atoms with Crippen LogP contribution in [0.25, 0.3) is 0 Å². The van der Waals surface area contributed by atoms with Crippen molar-refractivity contribution in [3.63, 3.8) is 0 Å². The molecule has 2 heterocycles. The smallest absolute Gasteiger partial charge is 0.410 e. The summed E-state index contributed by atoms with van der Waals surface area (Å²) in [6, 6.07) is 4.13. The van der Waals surface area contributed by atoms with Crippen LogP contribution in [0, 0.1) is 5.92 Å². The predicted octanol–water partition coefficient (Wildman–Crippen LogP) is 3.16. The number of hydrogen-bond acceptors (Lipinski definition) is 4. The highest BCUT2D eigenvalue weighted by atomic mass is 16.6. The number of ether oxygens (including phenoxy) is 1. The highest BCUT2D eigenvalue weighted by molar-refractivity contribution is 5.67. The van der Waals surface area contributed by atoms with Gasteiger partial charge in [0.05, 0.1) is 0 Å². The van der Waals surface area contributed by atoms with Gasteiger partial charge < -0.3 is 9.64 Å². The molecule has 1 fully saturated rings. The van der Waals surface area contributed by atoms with Crippen LogP contribution in [0.1, 0.15) is 39.2 Å². The Kier molecular flexibility index (Phi) is 5.99. The molecule has 0 radical (unpaired) electrons. The Morgan fingerprint density at radius 2 is 2.09 bits per heavy atom. The fourth-order valence-corrected chi connectivity index (χ4v) is 2.99. The van der Waals surface area contributed by atoms with E-state index in [4.69, 9.17) is 4.74 Å². The molecule has 128 valence electrons. The maximum Gasteiger partial charge on any atom is 0.410 e. The first-order chi connectivity index (χ1) is 10.8. The van der Waals surface area contributed by atoms with E-state index < -0.39 is 5.60 Å². The summed E-state index contributed by atoms with van der Waals surface area (Å²) in [5.74, 6) is 0.503. The van der Waals surface area contributed by atoms with Crippen molar-refractivity contribution in [3.8, 4) is 0 Å². The molecule has 1 aromatic rings. The number of pyridine rings is 1. The lowest BCUT2D eigenvalue weighted by Crippen LogP contribution is -2.42. The predicted molar refractivity (Wildman–Crippen MR) is 91.1 cm³/mol. The number of aromatic nitrogens is 1. The topological polar surface area (TPSA) is 45.7 Å². The molecule has 0 N–H and O–H groups in total. The Morgan fingerprint density at radius 3 is 2.74 bits per heavy atom. The quantitative estimate of drug-likeness (QED) is 0.855. The molecule has 5 heteroatoms. The molecule has 5 nitrogen and oxygen atoms in total. The molecule has 2 rings (SSSR count). The van der Waals surface area contributed by atoms with Crippen LogP contribution in [0.2, 0.25) is 0 Å². The van der Waals surface area contributed by atoms with Gasteiger partial charge in [-0.2, -0.15) is 0 Å². The fraction of sp³-hybridized carbons (Fsp3) is 0.667. The SMILES string of the molecule is CN(CC1CCCN(Cc2ccncc2)C1)C(=O)OC(C)(C)C. The lowest BCUT2D eigenvalue weighted by atomic mass is 9.97. The van der Waals surface area contributed by atoms with E-state index in [2.05, 4.69) is 22.0 Å². The summed E-state index contributed by atoms with van der Waals surface area (Å²) >= 11 is 0. The molecule has 0 aromatic carbocycles. The normalized spacial score (nSPS) is 19.4. The van der Waals surface area contributed by atoms with E-state index in [0.29, 0.717) is 5.92 Å². The Morgan fingerprint density at radius 1 is 1.39 bits per heavy atom. The van der Waals surface area contributed by atoms with Gasteiger partial charge in [0.15, 0.2) is 0 Å². The summed E-state index contributed by atoms with van der Waals surface area (Å²) in [6.07, 6.45) is 5.79. The zero-order chi connectivity index (χ0) is 16.9. The van der Waals surface area contributed by atoms with E-state index in [9.17, 15) is 4.79 Å². The van der Waals surface area contributed by atoms with Gasteiger partial charge in [0.1, 0.15) is 5.60 Å². The minimum atomic E-state index is -0.439. The molecule has 1 saturated heterocycles. The largest absolute Gasteiger partial charge is 0.444 e. The van der Waals surface area contributed by atoms with Crippen LogP contribution >= 0.6 is 0 Å². The number of rotatable bonds is 4. The van der Waals surface area contributed by atoms with Crippen molar-refractivity contribution in [1.29, 1.82) is 0 Å². The Labute approximate surface area is 139 Å². The minimum Gasteiger partial charge on any atom is -0.444 e. The highest BCUT2D eigenvalue weighted by Crippen LogP contribution is 2.20. The van der Waals surface area contributed by atoms with Crippen LogP contribution in [0.3, 0.4) is 0 Å². The number of likely N-dealkylation sites (tertiary alicyclic amines) is 1. The number of carbonyl (C=O) groups excluding carboxylic acids is 1. The molecular formula is C18H29N3O2. The van der Waals surface area contributed by atoms with E-state index >= 15 is 0 Å². The molecule has 1 amide bonds. The first-order valence-corrected chi connectivity index (χ1v) is 8.39. The molecule has 0 spiro atoms. The van der Waals surface area contributed by atoms with Crippen molar-refractivity contribution in [3.05, 3.63) is 30.1 Å². The third-order valence-electron chi connectivity index (χ3n) is 4.00. The van der Waals surface area contributed by atoms with Crippen molar-refractivity contribution in [2.45, 2.75) is 45.8 Å². The lowest BCUT2D eigenvalue weighted by Gasteiger charge is -2.35. The van der Waals surface area contributed by atoms with Crippen LogP contribution in [0.5, 0.6) is 0 Å². The van der Waals surface area contributed by atoms with Gasteiger partial charge >= 0.3 is 6.09 Å². The number of hydrogen-bond donors (Lipinski definition) is 0. The third-order valence-corrected chi connectivity index (χ3v) is 4.00. The maximum absolute atomic E-state index is 12.1. The molecule has 0 bridgehead atoms. The molecule has 1 aliphatic heterocycles. The number of piperidine rings is 1. The van der Waals surface area contributed by atoms with Crippen LogP contribution in [-0.2, 0) is 11.3 Å². The first-order valence-electron chi connectivity index (χ1n) is 8.39. The van der Waals surface area contributed by atoms with E-state index in [1.165, 1.54) is 18.4 Å². The molecule has 1 unspecified atom stereocenters. The number of carbonyl (C=O) groups is 1. The third kappa shape index (κ3) is 6.18. The van der Waals surface area contributed by atoms with E-state index in [1.807, 2.05) is 40.2 Å². The van der Waals surface area contributed by atoms with Crippen molar-refractivity contribution in [2.75, 3.05) is 26.7 Å². The van der Waals surface area contributed by atoms with Crippen LogP contribution in [0.4, 0.5) is 4.79 Å². The Hall–Kier alpha value is -1.62. The van der Waals surface area contributed by atoms with E-state index in [-0.39, 0.29) is 6.09 Å². The maximum atomic E-state index is 12.1. The molecule has 1 aromatic heterocycles. The van der Waals surface area contributed by atoms with Crippen molar-refractivity contribution in [2.24, 2.45) is 5.92 Å². The van der Waals surface area contributed by atoms with Crippen LogP contribution in [0.15, 0.2) is 24.5 Å². The lowest BCUT2D eigenvalue weighted by molar-refractivity contribution is 0.0241. The second kappa shape index (κ2) is 7.77. The van der Waals surface area contributed by atoms with Gasteiger partial charge in [-0.05, 0) is 63.8 Å². The summed E-state index contributed by atoms with van der Waals surface area (Å²) in [6.45, 7) is 9.54. The van der Waals surface area contributed by atoms with Gasteiger partial charge in [-0.15, -0.1) is 0 Å². The van der Waals surface area contributed by atoms with Gasteiger partial charge in [0.25, 0.3) is 0 Å². The van der Waals surface area contributed by atoms with Gasteiger partial charge in [0.2, 0.25) is 0 Å². The van der Waals surface area contributed by atoms with Crippen LogP contribution in [-0.4, -0.2) is 53.2 Å². The summed E-state index contributed by atoms with van der Waals surface area (Å²) in [7, 11) is 1.83. The zero-order valence-electron chi connectivity index (χ0n) is 14.8. The van der Waals surface area contributed by atoms with Crippen LogP contribution < -0.4 is 0 Å². The second-order valence-corrected chi connectivity index (χ2v) is 7.46. The number of nitrogens with zero attached hydrogens (tertiary/aromatic N) is 3. The van der Waals surface area contributed by atoms with Gasteiger partial charge in [-0.1, -0.05) is 0 Å². The summed E-state index contributed by atoms with van der Waals surface area (Å²) < 4.78 is 5.43. The van der Waals surface area contributed by atoms with E-state index in [0.717, 1.165) is 26.2 Å². The molecule has 0 saturated carbocycles. The minimum absolute atomic E-state index is 0.233. The zero-order valence-corrected chi connectivity index (χ0v) is 14.8. The van der Waals surface area contributed by atoms with Crippen molar-refractivity contribution >= 4 is 6.09 Å². The summed E-state index contributed by atoms with van der Waals surface area (Å²) in [5, 5.41) is 0. The Balaban J connectivity index is 1.82. The van der Waals surface area contributed by atoms with Gasteiger partial charge in [-0.25, -0.2) is 4.79 Å². The molecular weight excluding hydrogens is 290 g/mol. The standard InChI is InChI=1S/C18H29N3O2/c1-18(2,3)23-17(22)20(4)12-16-6-5-11-21(14-16)13-15-7-9-19-10-8-15/h7-10,16H,5-6,11-14H2,1-4H3. The van der Waals surface area contributed by atoms with E-state index in [1.54, 1.807) is 4.90 Å². The van der Waals surface area contributed by atoms with Crippen molar-refractivity contribution < 1.29 is 9.53 Å². The average Bonchev–Trinajstić information content (AvgIpc) is 2.47. The van der Waals surface area contributed by atoms with Crippen molar-refractivity contribution in [1.82, 2.24) is 14.8 Å². The average molecular weight is 319 g/mol. The molecule has 1 atom stereocenters. The highest BCUT2D eigenvalue weighted by Gasteiger charge is 2.25. The summed E-state index contributed by atoms with van der Waals surface area (Å²) in [4.78, 5) is 20.3. The molecule has 1 aliphatic rings. The van der Waals surface area contributed by atoms with Gasteiger partial charge in [0, 0.05) is 39.1 Å². The molecule has 23 heavy (non-hydrogen) atoms. The summed E-state index contributed by atoms with van der Waals surface area (Å²) in [5.41, 5.74) is 0.854. The second-order valence-electron chi connectivity index (χ2n) is 7.46. The van der Waals surface area contributed by atoms with Gasteiger partial charge in [-0.3, -0.25) is 9.88 Å². The monoisotopic (exact) mass is 319 g/mol. The molecule has 0 aliphatic carbocycles. The number of amides is 1. The first kappa shape index (κ1) is 17.7.